The molecule has 2 aromatic carbocycles. The number of carbonyl (C=O) groups is 2. The Bertz CT molecular complexity index is 1060. The Morgan fingerprint density at radius 1 is 1.10 bits per heavy atom. The number of ether oxygens (including phenoxy) is 1. The molecule has 3 aromatic rings. The van der Waals surface area contributed by atoms with Gasteiger partial charge in [-0.05, 0) is 55.1 Å². The van der Waals surface area contributed by atoms with Crippen molar-refractivity contribution < 1.29 is 14.3 Å². The second-order valence-electron chi connectivity index (χ2n) is 7.41. The SMILES string of the molecule is COc1cccc(C(=O)N2c3sccc3C(N(C(C)=O)c3ccccc3)CC2C)c1. The fraction of sp³-hybridized carbons (Fsp3) is 0.250. The van der Waals surface area contributed by atoms with Crippen LogP contribution in [0.4, 0.5) is 10.7 Å². The van der Waals surface area contributed by atoms with Crippen molar-refractivity contribution in [3.63, 3.8) is 0 Å². The molecule has 0 aliphatic carbocycles. The van der Waals surface area contributed by atoms with E-state index in [-0.39, 0.29) is 23.9 Å². The lowest BCUT2D eigenvalue weighted by molar-refractivity contribution is -0.117. The number of amides is 2. The van der Waals surface area contributed by atoms with Gasteiger partial charge in [0.25, 0.3) is 5.91 Å². The number of hydrogen-bond donors (Lipinski definition) is 0. The van der Waals surface area contributed by atoms with Crippen LogP contribution in [-0.2, 0) is 4.79 Å². The highest BCUT2D eigenvalue weighted by molar-refractivity contribution is 7.14. The summed E-state index contributed by atoms with van der Waals surface area (Å²) in [5.41, 5.74) is 2.46. The monoisotopic (exact) mass is 420 g/mol. The number of methoxy groups -OCH3 is 1. The number of carbonyl (C=O) groups excluding carboxylic acids is 2. The van der Waals surface area contributed by atoms with E-state index >= 15 is 0 Å². The van der Waals surface area contributed by atoms with Gasteiger partial charge in [-0.3, -0.25) is 14.5 Å². The number of fused-ring (bicyclic) bond motifs is 1. The van der Waals surface area contributed by atoms with Crippen molar-refractivity contribution in [2.45, 2.75) is 32.4 Å². The number of nitrogens with zero attached hydrogens (tertiary/aromatic N) is 2. The van der Waals surface area contributed by atoms with E-state index in [1.807, 2.05) is 76.7 Å². The molecule has 2 amide bonds. The molecular formula is C24H24N2O3S. The van der Waals surface area contributed by atoms with Gasteiger partial charge < -0.3 is 9.64 Å². The highest BCUT2D eigenvalue weighted by Gasteiger charge is 2.39. The maximum atomic E-state index is 13.4. The van der Waals surface area contributed by atoms with Gasteiger partial charge >= 0.3 is 0 Å². The van der Waals surface area contributed by atoms with E-state index in [1.54, 1.807) is 20.1 Å². The van der Waals surface area contributed by atoms with Crippen LogP contribution in [-0.4, -0.2) is 25.0 Å². The van der Waals surface area contributed by atoms with Gasteiger partial charge in [-0.15, -0.1) is 11.3 Å². The Kier molecular flexibility index (Phi) is 5.59. The van der Waals surface area contributed by atoms with Crippen molar-refractivity contribution in [1.82, 2.24) is 0 Å². The average Bonchev–Trinajstić information content (AvgIpc) is 3.24. The van der Waals surface area contributed by atoms with Gasteiger partial charge in [-0.25, -0.2) is 0 Å². The van der Waals surface area contributed by atoms with Gasteiger partial charge in [0.2, 0.25) is 5.91 Å². The van der Waals surface area contributed by atoms with Crippen molar-refractivity contribution in [2.75, 3.05) is 16.9 Å². The van der Waals surface area contributed by atoms with Crippen LogP contribution < -0.4 is 14.5 Å². The summed E-state index contributed by atoms with van der Waals surface area (Å²) in [5.74, 6) is 0.586. The van der Waals surface area contributed by atoms with Crippen LogP contribution in [0.5, 0.6) is 5.75 Å². The van der Waals surface area contributed by atoms with E-state index in [0.717, 1.165) is 16.3 Å². The van der Waals surface area contributed by atoms with Crippen LogP contribution in [0.1, 0.15) is 42.2 Å². The van der Waals surface area contributed by atoms with E-state index in [1.165, 1.54) is 11.3 Å². The predicted octanol–water partition coefficient (Wildman–Crippen LogP) is 5.29. The molecule has 0 N–H and O–H groups in total. The van der Waals surface area contributed by atoms with Gasteiger partial charge in [-0.2, -0.15) is 0 Å². The van der Waals surface area contributed by atoms with Crippen molar-refractivity contribution in [1.29, 1.82) is 0 Å². The molecule has 6 heteroatoms. The Balaban J connectivity index is 1.73. The molecule has 2 atom stereocenters. The zero-order valence-corrected chi connectivity index (χ0v) is 18.1. The summed E-state index contributed by atoms with van der Waals surface area (Å²) in [6.45, 7) is 3.63. The third-order valence-corrected chi connectivity index (χ3v) is 6.41. The molecule has 1 aliphatic rings. The zero-order chi connectivity index (χ0) is 21.3. The molecule has 0 saturated heterocycles. The van der Waals surface area contributed by atoms with Gasteiger partial charge in [0.15, 0.2) is 0 Å². The molecule has 1 aliphatic heterocycles. The van der Waals surface area contributed by atoms with Crippen LogP contribution >= 0.6 is 11.3 Å². The van der Waals surface area contributed by atoms with Crippen molar-refractivity contribution in [3.05, 3.63) is 77.2 Å². The lowest BCUT2D eigenvalue weighted by Crippen LogP contribution is -2.46. The number of thiophene rings is 1. The first-order valence-electron chi connectivity index (χ1n) is 9.91. The topological polar surface area (TPSA) is 49.9 Å². The van der Waals surface area contributed by atoms with Crippen LogP contribution in [0, 0.1) is 0 Å². The summed E-state index contributed by atoms with van der Waals surface area (Å²) in [6.07, 6.45) is 0.661. The molecule has 0 radical (unpaired) electrons. The normalized spacial score (nSPS) is 17.9. The molecular weight excluding hydrogens is 396 g/mol. The molecule has 2 heterocycles. The van der Waals surface area contributed by atoms with E-state index in [4.69, 9.17) is 4.74 Å². The molecule has 0 bridgehead atoms. The fourth-order valence-corrected chi connectivity index (χ4v) is 5.18. The number of anilines is 2. The molecule has 30 heavy (non-hydrogen) atoms. The van der Waals surface area contributed by atoms with Crippen LogP contribution in [0.3, 0.4) is 0 Å². The lowest BCUT2D eigenvalue weighted by atomic mass is 9.93. The van der Waals surface area contributed by atoms with Crippen molar-refractivity contribution in [3.8, 4) is 5.75 Å². The molecule has 0 saturated carbocycles. The van der Waals surface area contributed by atoms with Gasteiger partial charge in [0, 0.05) is 29.8 Å². The first-order valence-corrected chi connectivity index (χ1v) is 10.8. The van der Waals surface area contributed by atoms with Crippen LogP contribution in [0.15, 0.2) is 66.0 Å². The highest BCUT2D eigenvalue weighted by Crippen LogP contribution is 2.45. The second-order valence-corrected chi connectivity index (χ2v) is 8.31. The standard InChI is InChI=1S/C24H24N2O3S/c1-16-14-22(26(17(2)27)19-9-5-4-6-10-19)21-12-13-30-24(21)25(16)23(28)18-8-7-11-20(15-18)29-3/h4-13,15-16,22H,14H2,1-3H3. The summed E-state index contributed by atoms with van der Waals surface area (Å²) in [6, 6.07) is 18.8. The summed E-state index contributed by atoms with van der Waals surface area (Å²) in [5, 5.41) is 2.89. The van der Waals surface area contributed by atoms with Crippen molar-refractivity contribution in [2.24, 2.45) is 0 Å². The quantitative estimate of drug-likeness (QED) is 0.576. The molecule has 5 nitrogen and oxygen atoms in total. The molecule has 0 fully saturated rings. The Hall–Kier alpha value is -3.12. The maximum absolute atomic E-state index is 13.4. The largest absolute Gasteiger partial charge is 0.497 e. The Labute approximate surface area is 180 Å². The van der Waals surface area contributed by atoms with E-state index in [9.17, 15) is 9.59 Å². The van der Waals surface area contributed by atoms with E-state index in [0.29, 0.717) is 17.7 Å². The third kappa shape index (κ3) is 3.59. The van der Waals surface area contributed by atoms with E-state index < -0.39 is 0 Å². The van der Waals surface area contributed by atoms with Gasteiger partial charge in [0.05, 0.1) is 13.2 Å². The molecule has 0 spiro atoms. The molecule has 2 unspecified atom stereocenters. The van der Waals surface area contributed by atoms with Crippen LogP contribution in [0.25, 0.3) is 0 Å². The molecule has 4 rings (SSSR count). The number of rotatable bonds is 4. The second kappa shape index (κ2) is 8.32. The number of para-hydroxylation sites is 1. The number of hydrogen-bond acceptors (Lipinski definition) is 4. The smallest absolute Gasteiger partial charge is 0.259 e. The summed E-state index contributed by atoms with van der Waals surface area (Å²) in [4.78, 5) is 29.7. The van der Waals surface area contributed by atoms with Gasteiger partial charge in [0.1, 0.15) is 10.8 Å². The first kappa shape index (κ1) is 20.2. The highest BCUT2D eigenvalue weighted by atomic mass is 32.1. The summed E-state index contributed by atoms with van der Waals surface area (Å²) in [7, 11) is 1.59. The zero-order valence-electron chi connectivity index (χ0n) is 17.2. The molecule has 154 valence electrons. The number of benzene rings is 2. The lowest BCUT2D eigenvalue weighted by Gasteiger charge is -2.41. The maximum Gasteiger partial charge on any atom is 0.259 e. The molecule has 1 aromatic heterocycles. The Morgan fingerprint density at radius 2 is 1.87 bits per heavy atom. The minimum Gasteiger partial charge on any atom is -0.497 e. The van der Waals surface area contributed by atoms with Crippen molar-refractivity contribution >= 4 is 33.8 Å². The minimum atomic E-state index is -0.115. The average molecular weight is 421 g/mol. The Morgan fingerprint density at radius 3 is 2.57 bits per heavy atom. The summed E-state index contributed by atoms with van der Waals surface area (Å²) >= 11 is 1.53. The van der Waals surface area contributed by atoms with E-state index in [2.05, 4.69) is 0 Å². The summed E-state index contributed by atoms with van der Waals surface area (Å²) < 4.78 is 5.29. The fourth-order valence-electron chi connectivity index (χ4n) is 4.12. The first-order chi connectivity index (χ1) is 14.5. The predicted molar refractivity (Wildman–Crippen MR) is 121 cm³/mol. The third-order valence-electron chi connectivity index (χ3n) is 5.48. The minimum absolute atomic E-state index is 0.0110. The van der Waals surface area contributed by atoms with Gasteiger partial charge in [-0.1, -0.05) is 24.3 Å². The van der Waals surface area contributed by atoms with Crippen LogP contribution in [0.2, 0.25) is 0 Å².